The lowest BCUT2D eigenvalue weighted by atomic mass is 10.1. The van der Waals surface area contributed by atoms with Crippen molar-refractivity contribution in [1.29, 1.82) is 0 Å². The number of carbonyl (C=O) groups excluding carboxylic acids is 2. The van der Waals surface area contributed by atoms with E-state index in [4.69, 9.17) is 14.0 Å². The Labute approximate surface area is 177 Å². The van der Waals surface area contributed by atoms with Crippen LogP contribution in [0.4, 0.5) is 0 Å². The van der Waals surface area contributed by atoms with E-state index < -0.39 is 0 Å². The number of hydrogen-bond acceptors (Lipinski definition) is 6. The van der Waals surface area contributed by atoms with Gasteiger partial charge in [0.15, 0.2) is 11.5 Å². The second-order valence-corrected chi connectivity index (χ2v) is 7.45. The van der Waals surface area contributed by atoms with Crippen molar-refractivity contribution in [3.63, 3.8) is 0 Å². The molecule has 8 heteroatoms. The van der Waals surface area contributed by atoms with Crippen molar-refractivity contribution in [2.45, 2.75) is 27.2 Å². The summed E-state index contributed by atoms with van der Waals surface area (Å²) < 4.78 is 16.1. The van der Waals surface area contributed by atoms with Crippen LogP contribution in [0, 0.1) is 5.92 Å². The van der Waals surface area contributed by atoms with Crippen LogP contribution >= 0.6 is 0 Å². The second-order valence-electron chi connectivity index (χ2n) is 7.45. The lowest BCUT2D eigenvalue weighted by molar-refractivity contribution is -0.129. The molecule has 0 N–H and O–H groups in total. The molecule has 1 aromatic heterocycles. The van der Waals surface area contributed by atoms with Crippen molar-refractivity contribution in [1.82, 2.24) is 15.0 Å². The molecular formula is C22H31N3O5. The third-order valence-electron chi connectivity index (χ3n) is 4.77. The molecule has 30 heavy (non-hydrogen) atoms. The summed E-state index contributed by atoms with van der Waals surface area (Å²) in [6, 6.07) is 6.89. The Hall–Kier alpha value is -3.03. The lowest BCUT2D eigenvalue weighted by Crippen LogP contribution is -2.38. The summed E-state index contributed by atoms with van der Waals surface area (Å²) in [6.45, 7) is 7.44. The van der Waals surface area contributed by atoms with Gasteiger partial charge in [0.1, 0.15) is 11.5 Å². The van der Waals surface area contributed by atoms with Crippen LogP contribution in [-0.2, 0) is 4.79 Å². The summed E-state index contributed by atoms with van der Waals surface area (Å²) in [7, 11) is 4.88. The minimum atomic E-state index is -0.271. The fourth-order valence-electron chi connectivity index (χ4n) is 2.99. The highest BCUT2D eigenvalue weighted by Gasteiger charge is 2.23. The fourth-order valence-corrected chi connectivity index (χ4v) is 2.99. The van der Waals surface area contributed by atoms with E-state index in [2.05, 4.69) is 5.16 Å². The van der Waals surface area contributed by atoms with Gasteiger partial charge in [-0.1, -0.05) is 19.0 Å². The molecule has 2 aromatic rings. The number of amides is 2. The molecule has 0 fully saturated rings. The number of hydrogen-bond donors (Lipinski definition) is 0. The van der Waals surface area contributed by atoms with Crippen molar-refractivity contribution < 1.29 is 23.6 Å². The fraction of sp³-hybridized carbons (Fsp3) is 0.500. The van der Waals surface area contributed by atoms with Crippen LogP contribution < -0.4 is 9.47 Å². The smallest absolute Gasteiger partial charge is 0.276 e. The molecule has 164 valence electrons. The number of benzene rings is 1. The van der Waals surface area contributed by atoms with Gasteiger partial charge in [0.2, 0.25) is 5.91 Å². The van der Waals surface area contributed by atoms with Gasteiger partial charge in [-0.15, -0.1) is 0 Å². The summed E-state index contributed by atoms with van der Waals surface area (Å²) in [4.78, 5) is 28.5. The van der Waals surface area contributed by atoms with E-state index in [1.165, 1.54) is 0 Å². The predicted molar refractivity (Wildman–Crippen MR) is 114 cm³/mol. The average molecular weight is 418 g/mol. The number of nitrogens with zero attached hydrogens (tertiary/aromatic N) is 3. The molecule has 0 aliphatic carbocycles. The summed E-state index contributed by atoms with van der Waals surface area (Å²) in [5, 5.41) is 3.97. The van der Waals surface area contributed by atoms with Gasteiger partial charge in [-0.25, -0.2) is 0 Å². The van der Waals surface area contributed by atoms with E-state index in [0.717, 1.165) is 0 Å². The number of ether oxygens (including phenoxy) is 2. The van der Waals surface area contributed by atoms with Crippen LogP contribution in [-0.4, -0.2) is 67.7 Å². The minimum Gasteiger partial charge on any atom is -0.497 e. The molecule has 2 amide bonds. The Morgan fingerprint density at radius 2 is 1.90 bits per heavy atom. The van der Waals surface area contributed by atoms with E-state index in [0.29, 0.717) is 42.5 Å². The van der Waals surface area contributed by atoms with Crippen LogP contribution in [0.3, 0.4) is 0 Å². The van der Waals surface area contributed by atoms with Gasteiger partial charge in [0.05, 0.1) is 19.8 Å². The zero-order chi connectivity index (χ0) is 22.3. The maximum Gasteiger partial charge on any atom is 0.276 e. The quantitative estimate of drug-likeness (QED) is 0.590. The highest BCUT2D eigenvalue weighted by Crippen LogP contribution is 2.34. The zero-order valence-electron chi connectivity index (χ0n) is 18.6. The van der Waals surface area contributed by atoms with Crippen LogP contribution in [0.5, 0.6) is 11.5 Å². The van der Waals surface area contributed by atoms with E-state index in [1.54, 1.807) is 55.3 Å². The maximum atomic E-state index is 13.1. The second kappa shape index (κ2) is 10.7. The molecule has 0 spiro atoms. The molecule has 1 heterocycles. The van der Waals surface area contributed by atoms with E-state index in [-0.39, 0.29) is 29.8 Å². The van der Waals surface area contributed by atoms with Gasteiger partial charge < -0.3 is 23.8 Å². The van der Waals surface area contributed by atoms with Crippen molar-refractivity contribution >= 4 is 11.8 Å². The summed E-state index contributed by atoms with van der Waals surface area (Å²) >= 11 is 0. The average Bonchev–Trinajstić information content (AvgIpc) is 3.24. The Bertz CT molecular complexity index is 862. The largest absolute Gasteiger partial charge is 0.497 e. The van der Waals surface area contributed by atoms with Crippen LogP contribution in [0.1, 0.15) is 37.7 Å². The van der Waals surface area contributed by atoms with E-state index >= 15 is 0 Å². The lowest BCUT2D eigenvalue weighted by Gasteiger charge is -2.24. The molecule has 0 saturated carbocycles. The molecule has 8 nitrogen and oxygen atoms in total. The normalized spacial score (nSPS) is 10.8. The van der Waals surface area contributed by atoms with Gasteiger partial charge in [0, 0.05) is 39.2 Å². The van der Waals surface area contributed by atoms with Gasteiger partial charge in [-0.05, 0) is 31.0 Å². The molecule has 2 rings (SSSR count). The first-order chi connectivity index (χ1) is 14.3. The van der Waals surface area contributed by atoms with Crippen LogP contribution in [0.25, 0.3) is 11.3 Å². The molecular weight excluding hydrogens is 386 g/mol. The molecule has 0 unspecified atom stereocenters. The standard InChI is InChI=1S/C22H31N3O5/c1-7-24(4)21(26)10-11-25(14-15(2)3)22(27)18-13-20(30-23-18)17-12-16(28-5)8-9-19(17)29-6/h8-9,12-13,15H,7,10-11,14H2,1-6H3. The highest BCUT2D eigenvalue weighted by molar-refractivity contribution is 5.93. The van der Waals surface area contributed by atoms with Gasteiger partial charge in [-0.3, -0.25) is 9.59 Å². The summed E-state index contributed by atoms with van der Waals surface area (Å²) in [6.07, 6.45) is 0.261. The maximum absolute atomic E-state index is 13.1. The molecule has 1 aromatic carbocycles. The molecule has 0 saturated heterocycles. The third-order valence-corrected chi connectivity index (χ3v) is 4.77. The third kappa shape index (κ3) is 5.75. The number of rotatable bonds is 10. The molecule has 0 aliphatic heterocycles. The first-order valence-corrected chi connectivity index (χ1v) is 10.0. The van der Waals surface area contributed by atoms with Gasteiger partial charge in [0.25, 0.3) is 5.91 Å². The first-order valence-electron chi connectivity index (χ1n) is 10.0. The van der Waals surface area contributed by atoms with E-state index in [1.807, 2.05) is 20.8 Å². The zero-order valence-corrected chi connectivity index (χ0v) is 18.6. The molecule has 0 aliphatic rings. The topological polar surface area (TPSA) is 85.1 Å². The monoisotopic (exact) mass is 417 g/mol. The van der Waals surface area contributed by atoms with Crippen LogP contribution in [0.15, 0.2) is 28.8 Å². The predicted octanol–water partition coefficient (Wildman–Crippen LogP) is 3.33. The molecule has 0 bridgehead atoms. The Balaban J connectivity index is 2.24. The van der Waals surface area contributed by atoms with Crippen molar-refractivity contribution in [2.75, 3.05) is 40.9 Å². The van der Waals surface area contributed by atoms with Crippen molar-refractivity contribution in [3.8, 4) is 22.8 Å². The molecule has 0 radical (unpaired) electrons. The number of methoxy groups -OCH3 is 2. The van der Waals surface area contributed by atoms with Crippen LogP contribution in [0.2, 0.25) is 0 Å². The van der Waals surface area contributed by atoms with Gasteiger partial charge in [-0.2, -0.15) is 0 Å². The minimum absolute atomic E-state index is 0.000940. The Morgan fingerprint density at radius 1 is 1.17 bits per heavy atom. The number of carbonyl (C=O) groups is 2. The number of aromatic nitrogens is 1. The first kappa shape index (κ1) is 23.3. The Kier molecular flexibility index (Phi) is 8.26. The van der Waals surface area contributed by atoms with E-state index in [9.17, 15) is 9.59 Å². The van der Waals surface area contributed by atoms with Crippen molar-refractivity contribution in [3.05, 3.63) is 30.0 Å². The highest BCUT2D eigenvalue weighted by atomic mass is 16.5. The molecule has 0 atom stereocenters. The SMILES string of the molecule is CCN(C)C(=O)CCN(CC(C)C)C(=O)c1cc(-c2cc(OC)ccc2OC)on1. The Morgan fingerprint density at radius 3 is 2.50 bits per heavy atom. The summed E-state index contributed by atoms with van der Waals surface area (Å²) in [5.41, 5.74) is 0.824. The van der Waals surface area contributed by atoms with Crippen molar-refractivity contribution in [2.24, 2.45) is 5.92 Å². The van der Waals surface area contributed by atoms with Gasteiger partial charge >= 0.3 is 0 Å². The summed E-state index contributed by atoms with van der Waals surface area (Å²) in [5.74, 6) is 1.60.